The minimum atomic E-state index is -0.451. The molecule has 0 atom stereocenters. The Bertz CT molecular complexity index is 415. The maximum absolute atomic E-state index is 10.6. The van der Waals surface area contributed by atoms with Crippen molar-refractivity contribution in [3.8, 4) is 0 Å². The van der Waals surface area contributed by atoms with E-state index in [9.17, 15) is 10.1 Å². The van der Waals surface area contributed by atoms with Gasteiger partial charge in [-0.3, -0.25) is 15.1 Å². The van der Waals surface area contributed by atoms with Crippen molar-refractivity contribution in [2.75, 3.05) is 0 Å². The number of benzene rings is 1. The number of amidine groups is 1. The highest BCUT2D eigenvalue weighted by atomic mass is 16.6. The van der Waals surface area contributed by atoms with Crippen molar-refractivity contribution in [1.82, 2.24) is 5.43 Å². The number of rotatable bonds is 3. The number of hydrogen-bond acceptors (Lipinski definition) is 4. The molecule has 0 radical (unpaired) electrons. The summed E-state index contributed by atoms with van der Waals surface area (Å²) in [4.78, 5) is 14.4. The molecule has 0 spiro atoms. The molecule has 0 aliphatic rings. The Hall–Kier alpha value is -1.95. The Morgan fingerprint density at radius 3 is 2.75 bits per heavy atom. The molecule has 0 aromatic heterocycles. The molecule has 16 heavy (non-hydrogen) atoms. The highest BCUT2D eigenvalue weighted by Gasteiger charge is 2.09. The lowest BCUT2D eigenvalue weighted by molar-refractivity contribution is -0.384. The number of non-ortho nitro benzene ring substituents is 1. The van der Waals surface area contributed by atoms with E-state index in [1.807, 2.05) is 13.8 Å². The summed E-state index contributed by atoms with van der Waals surface area (Å²) >= 11 is 0. The first-order valence-corrected chi connectivity index (χ1v) is 4.84. The monoisotopic (exact) mass is 222 g/mol. The minimum absolute atomic E-state index is 0.0178. The zero-order chi connectivity index (χ0) is 12.1. The fraction of sp³-hybridized carbons (Fsp3) is 0.300. The standard InChI is InChI=1S/C10H14N4O2/c1-7(2)12-10(13-11)8-4-3-5-9(6-8)14(15)16/h3-7H,11H2,1-2H3,(H,12,13). The van der Waals surface area contributed by atoms with E-state index in [0.717, 1.165) is 0 Å². The molecule has 3 N–H and O–H groups in total. The van der Waals surface area contributed by atoms with Crippen LogP contribution in [0.2, 0.25) is 0 Å². The van der Waals surface area contributed by atoms with E-state index in [2.05, 4.69) is 10.4 Å². The van der Waals surface area contributed by atoms with Gasteiger partial charge in [-0.2, -0.15) is 0 Å². The summed E-state index contributed by atoms with van der Waals surface area (Å²) in [5, 5.41) is 10.6. The van der Waals surface area contributed by atoms with Gasteiger partial charge in [0.1, 0.15) is 5.84 Å². The maximum Gasteiger partial charge on any atom is 0.270 e. The molecule has 1 rings (SSSR count). The van der Waals surface area contributed by atoms with Gasteiger partial charge in [0.2, 0.25) is 0 Å². The third-order valence-electron chi connectivity index (χ3n) is 1.85. The highest BCUT2D eigenvalue weighted by molar-refractivity contribution is 5.98. The minimum Gasteiger partial charge on any atom is -0.308 e. The number of hydrazine groups is 1. The summed E-state index contributed by atoms with van der Waals surface area (Å²) in [5.41, 5.74) is 3.06. The average Bonchev–Trinajstić information content (AvgIpc) is 2.25. The Kier molecular flexibility index (Phi) is 3.96. The molecular weight excluding hydrogens is 208 g/mol. The fourth-order valence-corrected chi connectivity index (χ4v) is 1.22. The van der Waals surface area contributed by atoms with Crippen molar-refractivity contribution in [2.24, 2.45) is 10.8 Å². The molecule has 0 aliphatic carbocycles. The van der Waals surface area contributed by atoms with Gasteiger partial charge in [-0.05, 0) is 13.8 Å². The molecule has 0 fully saturated rings. The topological polar surface area (TPSA) is 93.5 Å². The fourth-order valence-electron chi connectivity index (χ4n) is 1.22. The van der Waals surface area contributed by atoms with E-state index in [-0.39, 0.29) is 11.7 Å². The van der Waals surface area contributed by atoms with Gasteiger partial charge >= 0.3 is 0 Å². The van der Waals surface area contributed by atoms with Crippen LogP contribution >= 0.6 is 0 Å². The number of nitrogens with two attached hydrogens (primary N) is 1. The van der Waals surface area contributed by atoms with Crippen molar-refractivity contribution < 1.29 is 4.92 Å². The van der Waals surface area contributed by atoms with Crippen molar-refractivity contribution in [3.05, 3.63) is 39.9 Å². The van der Waals surface area contributed by atoms with E-state index in [1.54, 1.807) is 12.1 Å². The molecule has 0 amide bonds. The molecule has 0 bridgehead atoms. The van der Waals surface area contributed by atoms with Gasteiger partial charge < -0.3 is 5.43 Å². The lowest BCUT2D eigenvalue weighted by Gasteiger charge is -2.07. The van der Waals surface area contributed by atoms with Gasteiger partial charge in [0.15, 0.2) is 0 Å². The summed E-state index contributed by atoms with van der Waals surface area (Å²) in [6.45, 7) is 3.80. The lowest BCUT2D eigenvalue weighted by atomic mass is 10.2. The Balaban J connectivity index is 3.11. The van der Waals surface area contributed by atoms with E-state index >= 15 is 0 Å². The molecule has 1 aromatic rings. The summed E-state index contributed by atoms with van der Waals surface area (Å²) in [5.74, 6) is 5.77. The van der Waals surface area contributed by atoms with Gasteiger partial charge in [-0.1, -0.05) is 12.1 Å². The molecule has 6 nitrogen and oxygen atoms in total. The first-order chi connectivity index (χ1) is 7.54. The van der Waals surface area contributed by atoms with E-state index in [4.69, 9.17) is 5.84 Å². The van der Waals surface area contributed by atoms with Crippen LogP contribution in [0.1, 0.15) is 19.4 Å². The number of nitrogens with zero attached hydrogens (tertiary/aromatic N) is 2. The van der Waals surface area contributed by atoms with Crippen LogP contribution in [0.3, 0.4) is 0 Å². The number of aliphatic imine (C=N–C) groups is 1. The van der Waals surface area contributed by atoms with Crippen LogP contribution in [0.15, 0.2) is 29.3 Å². The Morgan fingerprint density at radius 1 is 1.56 bits per heavy atom. The van der Waals surface area contributed by atoms with E-state index < -0.39 is 4.92 Å². The Labute approximate surface area is 93.3 Å². The number of hydrogen-bond donors (Lipinski definition) is 2. The van der Waals surface area contributed by atoms with Crippen LogP contribution in [0.5, 0.6) is 0 Å². The number of nitro benzene ring substituents is 1. The summed E-state index contributed by atoms with van der Waals surface area (Å²) < 4.78 is 0. The van der Waals surface area contributed by atoms with Crippen molar-refractivity contribution in [3.63, 3.8) is 0 Å². The molecule has 1 aromatic carbocycles. The SMILES string of the molecule is CC(C)N=C(NN)c1cccc([N+](=O)[O-])c1. The zero-order valence-corrected chi connectivity index (χ0v) is 9.18. The molecule has 0 saturated heterocycles. The quantitative estimate of drug-likeness (QED) is 0.264. The molecule has 0 unspecified atom stereocenters. The van der Waals surface area contributed by atoms with Gasteiger partial charge in [0.05, 0.1) is 4.92 Å². The molecular formula is C10H14N4O2. The highest BCUT2D eigenvalue weighted by Crippen LogP contribution is 2.13. The van der Waals surface area contributed by atoms with Crippen LogP contribution in [0.4, 0.5) is 5.69 Å². The Morgan fingerprint density at radius 2 is 2.25 bits per heavy atom. The van der Waals surface area contributed by atoms with Crippen LogP contribution in [0.25, 0.3) is 0 Å². The van der Waals surface area contributed by atoms with Crippen LogP contribution in [-0.4, -0.2) is 16.8 Å². The smallest absolute Gasteiger partial charge is 0.270 e. The third-order valence-corrected chi connectivity index (χ3v) is 1.85. The lowest BCUT2D eigenvalue weighted by Crippen LogP contribution is -2.32. The summed E-state index contributed by atoms with van der Waals surface area (Å²) in [6.07, 6.45) is 0. The molecule has 86 valence electrons. The van der Waals surface area contributed by atoms with Gasteiger partial charge in [0, 0.05) is 23.7 Å². The summed E-state index contributed by atoms with van der Waals surface area (Å²) in [6, 6.07) is 6.23. The number of nitrogens with one attached hydrogen (secondary N) is 1. The first-order valence-electron chi connectivity index (χ1n) is 4.84. The summed E-state index contributed by atoms with van der Waals surface area (Å²) in [7, 11) is 0. The van der Waals surface area contributed by atoms with Crippen LogP contribution in [-0.2, 0) is 0 Å². The van der Waals surface area contributed by atoms with Crippen molar-refractivity contribution in [1.29, 1.82) is 0 Å². The predicted octanol–water partition coefficient (Wildman–Crippen LogP) is 1.21. The second-order valence-electron chi connectivity index (χ2n) is 3.52. The third kappa shape index (κ3) is 3.03. The number of nitro groups is 1. The average molecular weight is 222 g/mol. The van der Waals surface area contributed by atoms with Crippen molar-refractivity contribution >= 4 is 11.5 Å². The van der Waals surface area contributed by atoms with Gasteiger partial charge in [-0.15, -0.1) is 0 Å². The van der Waals surface area contributed by atoms with Crippen molar-refractivity contribution in [2.45, 2.75) is 19.9 Å². The van der Waals surface area contributed by atoms with Gasteiger partial charge in [-0.25, -0.2) is 5.84 Å². The zero-order valence-electron chi connectivity index (χ0n) is 9.18. The second kappa shape index (κ2) is 5.22. The normalized spacial score (nSPS) is 11.6. The molecule has 0 aliphatic heterocycles. The van der Waals surface area contributed by atoms with Gasteiger partial charge in [0.25, 0.3) is 5.69 Å². The van der Waals surface area contributed by atoms with Crippen LogP contribution < -0.4 is 11.3 Å². The molecule has 0 saturated carbocycles. The largest absolute Gasteiger partial charge is 0.308 e. The van der Waals surface area contributed by atoms with E-state index in [1.165, 1.54) is 12.1 Å². The predicted molar refractivity (Wildman–Crippen MR) is 62.1 cm³/mol. The molecule has 0 heterocycles. The first kappa shape index (κ1) is 12.1. The second-order valence-corrected chi connectivity index (χ2v) is 3.52. The maximum atomic E-state index is 10.6. The molecule has 6 heteroatoms. The van der Waals surface area contributed by atoms with Crippen LogP contribution in [0, 0.1) is 10.1 Å². The van der Waals surface area contributed by atoms with E-state index in [0.29, 0.717) is 11.4 Å².